The number of terminal acetylenes is 1. The average molecular weight is 580 g/mol. The van der Waals surface area contributed by atoms with Crippen molar-refractivity contribution in [3.63, 3.8) is 0 Å². The maximum atomic E-state index is 5.84. The Balaban J connectivity index is 0.00000155. The lowest BCUT2D eigenvalue weighted by atomic mass is 9.93. The van der Waals surface area contributed by atoms with Crippen LogP contribution in [0.2, 0.25) is 0 Å². The second-order valence-corrected chi connectivity index (χ2v) is 10.3. The highest BCUT2D eigenvalue weighted by atomic mass is 14.9. The molecule has 0 spiro atoms. The van der Waals surface area contributed by atoms with Gasteiger partial charge in [0.2, 0.25) is 0 Å². The zero-order valence-corrected chi connectivity index (χ0v) is 28.0. The van der Waals surface area contributed by atoms with Gasteiger partial charge in [-0.3, -0.25) is 9.98 Å². The molecule has 0 saturated carbocycles. The van der Waals surface area contributed by atoms with Gasteiger partial charge < -0.3 is 10.3 Å². The van der Waals surface area contributed by atoms with Crippen LogP contribution in [0.4, 0.5) is 0 Å². The minimum absolute atomic E-state index is 0.0631. The van der Waals surface area contributed by atoms with E-state index in [0.29, 0.717) is 5.92 Å². The number of aromatic amines is 1. The van der Waals surface area contributed by atoms with E-state index in [2.05, 4.69) is 86.4 Å². The fourth-order valence-electron chi connectivity index (χ4n) is 5.23. The van der Waals surface area contributed by atoms with Gasteiger partial charge in [-0.25, -0.2) is 4.98 Å². The standard InChI is InChI=1S/C34H41N5.2C2H6/c1-7-10-11-13-28(23(4)9-3)34-33(37-22-38-34)27-14-15-31-29(20-27)24(5)30(21-36-31)32(12-8-2)39-25(6)26-16-18-35-19-17-26;2*1-2/h3,10-15,20-23,26,35H,7-8,16-19H2,1-2,4-6H3,(H,37,38);2*1-2H3/b11-10-,28-13+,32-12-,39-25?;;. The van der Waals surface area contributed by atoms with Crippen LogP contribution in [0.5, 0.6) is 0 Å². The molecule has 2 aromatic heterocycles. The summed E-state index contributed by atoms with van der Waals surface area (Å²) >= 11 is 0. The van der Waals surface area contributed by atoms with Crippen molar-refractivity contribution in [1.82, 2.24) is 20.3 Å². The first-order valence-electron chi connectivity index (χ1n) is 16.2. The number of aryl methyl sites for hydroxylation is 1. The number of fused-ring (bicyclic) bond motifs is 1. The lowest BCUT2D eigenvalue weighted by Gasteiger charge is -2.23. The van der Waals surface area contributed by atoms with E-state index in [9.17, 15) is 0 Å². The fraction of sp³-hybridized carbons (Fsp3) is 0.447. The van der Waals surface area contributed by atoms with Gasteiger partial charge in [0.15, 0.2) is 0 Å². The molecule has 43 heavy (non-hydrogen) atoms. The van der Waals surface area contributed by atoms with E-state index in [-0.39, 0.29) is 5.92 Å². The summed E-state index contributed by atoms with van der Waals surface area (Å²) in [5, 5.41) is 4.57. The molecule has 1 unspecified atom stereocenters. The second kappa shape index (κ2) is 18.7. The third-order valence-electron chi connectivity index (χ3n) is 7.60. The summed E-state index contributed by atoms with van der Waals surface area (Å²) in [6, 6.07) is 6.41. The van der Waals surface area contributed by atoms with Gasteiger partial charge in [-0.1, -0.05) is 77.8 Å². The minimum Gasteiger partial charge on any atom is -0.344 e. The van der Waals surface area contributed by atoms with Gasteiger partial charge in [-0.2, -0.15) is 0 Å². The van der Waals surface area contributed by atoms with Crippen LogP contribution >= 0.6 is 0 Å². The number of H-pyrrole nitrogens is 1. The fourth-order valence-corrected chi connectivity index (χ4v) is 5.23. The van der Waals surface area contributed by atoms with Crippen molar-refractivity contribution in [2.75, 3.05) is 13.1 Å². The number of nitrogens with zero attached hydrogens (tertiary/aromatic N) is 3. The summed E-state index contributed by atoms with van der Waals surface area (Å²) in [4.78, 5) is 18.1. The van der Waals surface area contributed by atoms with Gasteiger partial charge >= 0.3 is 0 Å². The Morgan fingerprint density at radius 1 is 1.12 bits per heavy atom. The van der Waals surface area contributed by atoms with Crippen LogP contribution in [0.3, 0.4) is 0 Å². The Labute approximate surface area is 261 Å². The number of aromatic nitrogens is 3. The molecular formula is C38H53N5. The van der Waals surface area contributed by atoms with Crippen molar-refractivity contribution in [1.29, 1.82) is 0 Å². The number of rotatable bonds is 9. The maximum Gasteiger partial charge on any atom is 0.0933 e. The lowest BCUT2D eigenvalue weighted by Crippen LogP contribution is -2.31. The maximum absolute atomic E-state index is 5.84. The summed E-state index contributed by atoms with van der Waals surface area (Å²) in [6.45, 7) is 20.8. The van der Waals surface area contributed by atoms with Crippen LogP contribution in [0.1, 0.15) is 97.9 Å². The molecule has 0 aliphatic carbocycles. The number of hydrogen-bond donors (Lipinski definition) is 2. The Morgan fingerprint density at radius 3 is 2.49 bits per heavy atom. The smallest absolute Gasteiger partial charge is 0.0933 e. The highest BCUT2D eigenvalue weighted by Gasteiger charge is 2.19. The molecule has 5 nitrogen and oxygen atoms in total. The SMILES string of the molecule is C#CC(C)/C(=C\C=C/CC)c1nc[nH]c1-c1ccc2ncc(/C(=C/CC)N=C(C)C3CCNCC3)c(C)c2c1.CC.CC. The molecule has 3 aromatic rings. The predicted molar refractivity (Wildman–Crippen MR) is 189 cm³/mol. The van der Waals surface area contributed by atoms with Crippen LogP contribution in [-0.2, 0) is 0 Å². The molecule has 1 atom stereocenters. The first-order valence-corrected chi connectivity index (χ1v) is 16.2. The van der Waals surface area contributed by atoms with E-state index in [0.717, 1.165) is 83.5 Å². The van der Waals surface area contributed by atoms with Gasteiger partial charge in [0.05, 0.1) is 28.9 Å². The van der Waals surface area contributed by atoms with E-state index in [4.69, 9.17) is 21.4 Å². The molecule has 0 radical (unpaired) electrons. The van der Waals surface area contributed by atoms with Crippen LogP contribution in [0, 0.1) is 31.1 Å². The van der Waals surface area contributed by atoms with Gasteiger partial charge in [0, 0.05) is 34.3 Å². The number of benzene rings is 1. The van der Waals surface area contributed by atoms with Gasteiger partial charge in [-0.15, -0.1) is 6.42 Å². The van der Waals surface area contributed by atoms with Gasteiger partial charge in [-0.05, 0) is 88.7 Å². The molecule has 2 N–H and O–H groups in total. The Hall–Kier alpha value is -3.75. The van der Waals surface area contributed by atoms with E-state index in [1.807, 2.05) is 40.8 Å². The molecule has 1 aliphatic rings. The second-order valence-electron chi connectivity index (χ2n) is 10.3. The normalized spacial score (nSPS) is 15.4. The van der Waals surface area contributed by atoms with Crippen molar-refractivity contribution in [2.24, 2.45) is 16.8 Å². The summed E-state index contributed by atoms with van der Waals surface area (Å²) in [5.41, 5.74) is 9.40. The Bertz CT molecular complexity index is 1460. The molecular weight excluding hydrogens is 526 g/mol. The molecule has 4 rings (SSSR count). The summed E-state index contributed by atoms with van der Waals surface area (Å²) in [6.07, 6.45) is 22.2. The monoisotopic (exact) mass is 579 g/mol. The van der Waals surface area contributed by atoms with Crippen LogP contribution in [0.15, 0.2) is 60.0 Å². The van der Waals surface area contributed by atoms with Crippen molar-refractivity contribution < 1.29 is 0 Å². The van der Waals surface area contributed by atoms with Crippen LogP contribution in [-0.4, -0.2) is 33.8 Å². The van der Waals surface area contributed by atoms with Gasteiger partial charge in [0.1, 0.15) is 0 Å². The number of allylic oxidation sites excluding steroid dienone is 5. The topological polar surface area (TPSA) is 66.0 Å². The molecule has 0 bridgehead atoms. The van der Waals surface area contributed by atoms with Crippen LogP contribution in [0.25, 0.3) is 33.4 Å². The van der Waals surface area contributed by atoms with Crippen molar-refractivity contribution in [2.45, 2.75) is 88.0 Å². The summed E-state index contributed by atoms with van der Waals surface area (Å²) in [7, 11) is 0. The Morgan fingerprint density at radius 2 is 1.84 bits per heavy atom. The largest absolute Gasteiger partial charge is 0.344 e. The third-order valence-corrected chi connectivity index (χ3v) is 7.60. The Kier molecular flexibility index (Phi) is 15.4. The van der Waals surface area contributed by atoms with Crippen molar-refractivity contribution in [3.8, 4) is 23.6 Å². The highest BCUT2D eigenvalue weighted by molar-refractivity contribution is 5.94. The number of nitrogens with one attached hydrogen (secondary N) is 2. The van der Waals surface area contributed by atoms with E-state index < -0.39 is 0 Å². The van der Waals surface area contributed by atoms with Crippen LogP contribution < -0.4 is 5.32 Å². The van der Waals surface area contributed by atoms with E-state index >= 15 is 0 Å². The molecule has 1 fully saturated rings. The number of pyridine rings is 1. The highest BCUT2D eigenvalue weighted by Crippen LogP contribution is 2.34. The summed E-state index contributed by atoms with van der Waals surface area (Å²) in [5.74, 6) is 3.35. The van der Waals surface area contributed by atoms with E-state index in [1.54, 1.807) is 6.33 Å². The van der Waals surface area contributed by atoms with Gasteiger partial charge in [0.25, 0.3) is 0 Å². The van der Waals surface area contributed by atoms with Crippen molar-refractivity contribution in [3.05, 3.63) is 71.8 Å². The number of imidazole rings is 1. The molecule has 1 saturated heterocycles. The summed E-state index contributed by atoms with van der Waals surface area (Å²) < 4.78 is 0. The molecule has 1 aromatic carbocycles. The zero-order chi connectivity index (χ0) is 31.8. The number of aliphatic imine (C=N–C) groups is 1. The molecule has 230 valence electrons. The predicted octanol–water partition coefficient (Wildman–Crippen LogP) is 9.82. The first-order chi connectivity index (χ1) is 21.0. The molecule has 1 aliphatic heterocycles. The number of piperidine rings is 1. The average Bonchev–Trinajstić information content (AvgIpc) is 3.54. The molecule has 3 heterocycles. The molecule has 5 heteroatoms. The minimum atomic E-state index is -0.0631. The third kappa shape index (κ3) is 9.12. The van der Waals surface area contributed by atoms with E-state index in [1.165, 1.54) is 11.3 Å². The zero-order valence-electron chi connectivity index (χ0n) is 28.0. The quantitative estimate of drug-likeness (QED) is 0.151. The first kappa shape index (κ1) is 35.4. The van der Waals surface area contributed by atoms with Crippen molar-refractivity contribution >= 4 is 27.9 Å². The molecule has 0 amide bonds. The lowest BCUT2D eigenvalue weighted by molar-refractivity contribution is 0.455. The number of hydrogen-bond acceptors (Lipinski definition) is 4.